The molecule has 0 saturated heterocycles. The fourth-order valence-corrected chi connectivity index (χ4v) is 3.89. The van der Waals surface area contributed by atoms with E-state index in [0.29, 0.717) is 23.8 Å². The fourth-order valence-electron chi connectivity index (χ4n) is 2.81. The molecule has 0 saturated carbocycles. The lowest BCUT2D eigenvalue weighted by Crippen LogP contribution is -2.18. The van der Waals surface area contributed by atoms with Gasteiger partial charge in [0.25, 0.3) is 15.9 Å². The predicted molar refractivity (Wildman–Crippen MR) is 116 cm³/mol. The minimum Gasteiger partial charge on any atom is -0.493 e. The van der Waals surface area contributed by atoms with E-state index in [4.69, 9.17) is 9.47 Å². The van der Waals surface area contributed by atoms with Crippen molar-refractivity contribution in [1.29, 1.82) is 0 Å². The van der Waals surface area contributed by atoms with Crippen LogP contribution in [-0.2, 0) is 10.0 Å². The van der Waals surface area contributed by atoms with Crippen LogP contribution >= 0.6 is 0 Å². The summed E-state index contributed by atoms with van der Waals surface area (Å²) in [7, 11) is -2.53. The minimum atomic E-state index is -4.01. The molecule has 0 fully saturated rings. The van der Waals surface area contributed by atoms with Gasteiger partial charge in [0.1, 0.15) is 5.82 Å². The molecule has 0 aromatic heterocycles. The van der Waals surface area contributed by atoms with Crippen LogP contribution in [0.1, 0.15) is 17.3 Å². The highest BCUT2D eigenvalue weighted by atomic mass is 32.2. The van der Waals surface area contributed by atoms with Crippen molar-refractivity contribution in [1.82, 2.24) is 0 Å². The van der Waals surface area contributed by atoms with E-state index in [1.807, 2.05) is 6.92 Å². The van der Waals surface area contributed by atoms with Gasteiger partial charge in [-0.15, -0.1) is 0 Å². The van der Waals surface area contributed by atoms with E-state index in [1.54, 1.807) is 30.3 Å². The first-order chi connectivity index (χ1) is 14.8. The van der Waals surface area contributed by atoms with Crippen LogP contribution in [0.15, 0.2) is 71.6 Å². The normalized spacial score (nSPS) is 10.9. The number of benzene rings is 3. The number of anilines is 2. The number of nitrogens with one attached hydrogen (secondary N) is 2. The summed E-state index contributed by atoms with van der Waals surface area (Å²) in [5, 5.41) is 2.72. The standard InChI is InChI=1S/C22H21FN2O5S/c1-3-30-20-13-10-16(14-21(20)29-2)24-22(26)18-6-4-5-7-19(18)25-31(27,28)17-11-8-15(23)9-12-17/h4-14,25H,3H2,1-2H3,(H,24,26). The topological polar surface area (TPSA) is 93.7 Å². The first-order valence-corrected chi connectivity index (χ1v) is 10.8. The second-order valence-electron chi connectivity index (χ2n) is 6.36. The van der Waals surface area contributed by atoms with Crippen LogP contribution in [0.5, 0.6) is 11.5 Å². The second kappa shape index (κ2) is 9.48. The van der Waals surface area contributed by atoms with E-state index in [1.165, 1.54) is 19.2 Å². The van der Waals surface area contributed by atoms with Gasteiger partial charge in [-0.25, -0.2) is 12.8 Å². The molecular formula is C22H21FN2O5S. The summed E-state index contributed by atoms with van der Waals surface area (Å²) in [6, 6.07) is 15.5. The highest BCUT2D eigenvalue weighted by Crippen LogP contribution is 2.31. The van der Waals surface area contributed by atoms with Crippen molar-refractivity contribution in [3.05, 3.63) is 78.1 Å². The molecular weight excluding hydrogens is 423 g/mol. The summed E-state index contributed by atoms with van der Waals surface area (Å²) in [5.41, 5.74) is 0.643. The Balaban J connectivity index is 1.84. The molecule has 162 valence electrons. The van der Waals surface area contributed by atoms with Gasteiger partial charge in [0.15, 0.2) is 11.5 Å². The van der Waals surface area contributed by atoms with E-state index in [0.717, 1.165) is 24.3 Å². The van der Waals surface area contributed by atoms with Crippen molar-refractivity contribution in [3.8, 4) is 11.5 Å². The summed E-state index contributed by atoms with van der Waals surface area (Å²) in [5.74, 6) is -0.0893. The van der Waals surface area contributed by atoms with Crippen LogP contribution in [0.2, 0.25) is 0 Å². The Bertz CT molecular complexity index is 1180. The quantitative estimate of drug-likeness (QED) is 0.541. The summed E-state index contributed by atoms with van der Waals surface area (Å²) < 4.78 is 51.5. The molecule has 0 atom stereocenters. The fraction of sp³-hybridized carbons (Fsp3) is 0.136. The van der Waals surface area contributed by atoms with Gasteiger partial charge >= 0.3 is 0 Å². The maximum atomic E-state index is 13.1. The molecule has 0 aliphatic carbocycles. The third kappa shape index (κ3) is 5.32. The largest absolute Gasteiger partial charge is 0.493 e. The van der Waals surface area contributed by atoms with Gasteiger partial charge in [0.2, 0.25) is 0 Å². The van der Waals surface area contributed by atoms with Crippen LogP contribution in [-0.4, -0.2) is 28.0 Å². The Morgan fingerprint density at radius 2 is 1.71 bits per heavy atom. The predicted octanol–water partition coefficient (Wildman–Crippen LogP) is 4.29. The molecule has 3 rings (SSSR count). The highest BCUT2D eigenvalue weighted by Gasteiger charge is 2.19. The van der Waals surface area contributed by atoms with Crippen molar-refractivity contribution in [2.45, 2.75) is 11.8 Å². The molecule has 31 heavy (non-hydrogen) atoms. The molecule has 3 aromatic rings. The Kier molecular flexibility index (Phi) is 6.76. The van der Waals surface area contributed by atoms with Gasteiger partial charge in [-0.1, -0.05) is 12.1 Å². The van der Waals surface area contributed by atoms with Gasteiger partial charge in [-0.05, 0) is 55.5 Å². The van der Waals surface area contributed by atoms with Crippen LogP contribution in [0.3, 0.4) is 0 Å². The molecule has 0 bridgehead atoms. The smallest absolute Gasteiger partial charge is 0.261 e. The second-order valence-corrected chi connectivity index (χ2v) is 8.04. The zero-order valence-electron chi connectivity index (χ0n) is 16.9. The number of amides is 1. The van der Waals surface area contributed by atoms with Gasteiger partial charge in [0, 0.05) is 11.8 Å². The lowest BCUT2D eigenvalue weighted by molar-refractivity contribution is 0.102. The number of sulfonamides is 1. The molecule has 3 aromatic carbocycles. The zero-order valence-corrected chi connectivity index (χ0v) is 17.7. The maximum absolute atomic E-state index is 13.1. The molecule has 9 heteroatoms. The number of methoxy groups -OCH3 is 1. The Morgan fingerprint density at radius 1 is 1.00 bits per heavy atom. The minimum absolute atomic E-state index is 0.0854. The number of para-hydroxylation sites is 1. The number of halogens is 1. The number of hydrogen-bond donors (Lipinski definition) is 2. The molecule has 0 aliphatic rings. The Hall–Kier alpha value is -3.59. The summed E-state index contributed by atoms with van der Waals surface area (Å²) >= 11 is 0. The van der Waals surface area contributed by atoms with E-state index < -0.39 is 21.7 Å². The molecule has 1 amide bonds. The van der Waals surface area contributed by atoms with Gasteiger partial charge in [-0.2, -0.15) is 0 Å². The highest BCUT2D eigenvalue weighted by molar-refractivity contribution is 7.92. The van der Waals surface area contributed by atoms with E-state index >= 15 is 0 Å². The third-order valence-electron chi connectivity index (χ3n) is 4.26. The van der Waals surface area contributed by atoms with Crippen LogP contribution < -0.4 is 19.5 Å². The molecule has 0 spiro atoms. The van der Waals surface area contributed by atoms with E-state index in [9.17, 15) is 17.6 Å². The molecule has 0 radical (unpaired) electrons. The number of carbonyl (C=O) groups is 1. The summed E-state index contributed by atoms with van der Waals surface area (Å²) in [4.78, 5) is 12.7. The molecule has 2 N–H and O–H groups in total. The molecule has 0 heterocycles. The number of ether oxygens (including phenoxy) is 2. The maximum Gasteiger partial charge on any atom is 0.261 e. The average molecular weight is 444 g/mol. The van der Waals surface area contributed by atoms with Crippen LogP contribution in [0.25, 0.3) is 0 Å². The lowest BCUT2D eigenvalue weighted by atomic mass is 10.1. The third-order valence-corrected chi connectivity index (χ3v) is 5.64. The zero-order chi connectivity index (χ0) is 22.4. The number of hydrogen-bond acceptors (Lipinski definition) is 5. The van der Waals surface area contributed by atoms with Crippen molar-refractivity contribution in [3.63, 3.8) is 0 Å². The van der Waals surface area contributed by atoms with Crippen molar-refractivity contribution in [2.75, 3.05) is 23.8 Å². The Labute approximate surface area is 179 Å². The summed E-state index contributed by atoms with van der Waals surface area (Å²) in [6.45, 7) is 2.31. The van der Waals surface area contributed by atoms with Crippen LogP contribution in [0, 0.1) is 5.82 Å². The average Bonchev–Trinajstić information content (AvgIpc) is 2.75. The molecule has 0 aliphatic heterocycles. The molecule has 0 unspecified atom stereocenters. The SMILES string of the molecule is CCOc1ccc(NC(=O)c2ccccc2NS(=O)(=O)c2ccc(F)cc2)cc1OC. The lowest BCUT2D eigenvalue weighted by Gasteiger charge is -2.14. The monoisotopic (exact) mass is 444 g/mol. The summed E-state index contributed by atoms with van der Waals surface area (Å²) in [6.07, 6.45) is 0. The van der Waals surface area contributed by atoms with E-state index in [2.05, 4.69) is 10.0 Å². The van der Waals surface area contributed by atoms with Gasteiger partial charge in [-0.3, -0.25) is 9.52 Å². The Morgan fingerprint density at radius 3 is 2.39 bits per heavy atom. The van der Waals surface area contributed by atoms with Crippen molar-refractivity contribution >= 4 is 27.3 Å². The van der Waals surface area contributed by atoms with Crippen LogP contribution in [0.4, 0.5) is 15.8 Å². The van der Waals surface area contributed by atoms with Gasteiger partial charge < -0.3 is 14.8 Å². The number of carbonyl (C=O) groups excluding carboxylic acids is 1. The van der Waals surface area contributed by atoms with Crippen molar-refractivity contribution in [2.24, 2.45) is 0 Å². The first kappa shape index (κ1) is 22.1. The van der Waals surface area contributed by atoms with Crippen molar-refractivity contribution < 1.29 is 27.1 Å². The molecule has 7 nitrogen and oxygen atoms in total. The van der Waals surface area contributed by atoms with E-state index in [-0.39, 0.29) is 16.1 Å². The first-order valence-electron chi connectivity index (χ1n) is 9.33. The number of rotatable bonds is 8. The van der Waals surface area contributed by atoms with Gasteiger partial charge in [0.05, 0.1) is 29.9 Å².